The van der Waals surface area contributed by atoms with Crippen LogP contribution in [0.15, 0.2) is 24.3 Å². The average molecular weight is 386 g/mol. The number of carbonyl (C=O) groups is 2. The molecule has 28 heavy (non-hydrogen) atoms. The second kappa shape index (κ2) is 9.05. The van der Waals surface area contributed by atoms with Crippen LogP contribution < -0.4 is 5.32 Å². The molecular formula is C22H30N2O4. The van der Waals surface area contributed by atoms with E-state index in [2.05, 4.69) is 5.32 Å². The van der Waals surface area contributed by atoms with E-state index in [1.807, 2.05) is 23.1 Å². The molecule has 0 radical (unpaired) electrons. The Morgan fingerprint density at radius 1 is 0.964 bits per heavy atom. The van der Waals surface area contributed by atoms with Crippen molar-refractivity contribution in [3.05, 3.63) is 29.8 Å². The summed E-state index contributed by atoms with van der Waals surface area (Å²) in [7, 11) is 0. The van der Waals surface area contributed by atoms with Gasteiger partial charge in [-0.3, -0.25) is 9.59 Å². The van der Waals surface area contributed by atoms with Crippen molar-refractivity contribution >= 4 is 17.5 Å². The highest BCUT2D eigenvalue weighted by atomic mass is 16.7. The van der Waals surface area contributed by atoms with Gasteiger partial charge in [-0.1, -0.05) is 25.3 Å². The van der Waals surface area contributed by atoms with Gasteiger partial charge in [0, 0.05) is 36.2 Å². The van der Waals surface area contributed by atoms with Crippen LogP contribution in [0.1, 0.15) is 55.3 Å². The third-order valence-electron chi connectivity index (χ3n) is 6.21. The van der Waals surface area contributed by atoms with Crippen molar-refractivity contribution in [3.8, 4) is 0 Å². The van der Waals surface area contributed by atoms with E-state index in [9.17, 15) is 9.59 Å². The zero-order chi connectivity index (χ0) is 19.3. The molecule has 4 rings (SSSR count). The zero-order valence-electron chi connectivity index (χ0n) is 16.4. The third-order valence-corrected chi connectivity index (χ3v) is 6.21. The maximum Gasteiger partial charge on any atom is 0.253 e. The molecule has 1 aromatic carbocycles. The third kappa shape index (κ3) is 4.55. The molecule has 2 amide bonds. The lowest BCUT2D eigenvalue weighted by Gasteiger charge is -2.34. The Morgan fingerprint density at radius 3 is 2.39 bits per heavy atom. The number of benzene rings is 1. The van der Waals surface area contributed by atoms with Gasteiger partial charge in [0.15, 0.2) is 6.29 Å². The fourth-order valence-corrected chi connectivity index (χ4v) is 4.55. The van der Waals surface area contributed by atoms with Crippen LogP contribution in [0.4, 0.5) is 5.69 Å². The van der Waals surface area contributed by atoms with Gasteiger partial charge in [0.2, 0.25) is 5.91 Å². The van der Waals surface area contributed by atoms with Crippen LogP contribution >= 0.6 is 0 Å². The molecule has 0 spiro atoms. The van der Waals surface area contributed by atoms with Gasteiger partial charge in [0.1, 0.15) is 0 Å². The van der Waals surface area contributed by atoms with E-state index in [1.165, 1.54) is 6.42 Å². The highest BCUT2D eigenvalue weighted by Crippen LogP contribution is 2.27. The summed E-state index contributed by atoms with van der Waals surface area (Å²) in [4.78, 5) is 27.3. The maximum absolute atomic E-state index is 12.9. The number of ether oxygens (including phenoxy) is 2. The molecule has 1 saturated carbocycles. The Hall–Kier alpha value is -1.92. The number of hydrogen-bond donors (Lipinski definition) is 1. The fraction of sp³-hybridized carbons (Fsp3) is 0.636. The molecule has 6 heteroatoms. The number of likely N-dealkylation sites (tertiary alicyclic amines) is 1. The van der Waals surface area contributed by atoms with Gasteiger partial charge in [0.05, 0.1) is 13.2 Å². The second-order valence-corrected chi connectivity index (χ2v) is 8.14. The molecule has 1 aliphatic carbocycles. The van der Waals surface area contributed by atoms with E-state index < -0.39 is 0 Å². The van der Waals surface area contributed by atoms with E-state index in [1.54, 1.807) is 6.07 Å². The van der Waals surface area contributed by atoms with Crippen LogP contribution in [-0.2, 0) is 14.3 Å². The minimum atomic E-state index is -0.101. The molecule has 3 aliphatic rings. The molecule has 1 aromatic rings. The summed E-state index contributed by atoms with van der Waals surface area (Å²) >= 11 is 0. The van der Waals surface area contributed by atoms with Crippen molar-refractivity contribution in [2.24, 2.45) is 11.8 Å². The quantitative estimate of drug-likeness (QED) is 0.861. The Morgan fingerprint density at radius 2 is 1.68 bits per heavy atom. The highest BCUT2D eigenvalue weighted by Gasteiger charge is 2.32. The molecule has 0 unspecified atom stereocenters. The molecule has 6 nitrogen and oxygen atoms in total. The standard InChI is InChI=1S/C22H30N2O4/c25-20(16-5-2-1-3-6-16)23-19-8-4-7-18(15-19)21(26)24-11-9-17(10-12-24)22-27-13-14-28-22/h4,7-8,15-17,22H,1-3,5-6,9-14H2,(H,23,25). The zero-order valence-corrected chi connectivity index (χ0v) is 16.4. The van der Waals surface area contributed by atoms with E-state index in [4.69, 9.17) is 9.47 Å². The summed E-state index contributed by atoms with van der Waals surface area (Å²) in [5.41, 5.74) is 1.34. The molecule has 2 saturated heterocycles. The van der Waals surface area contributed by atoms with Crippen LogP contribution in [0.3, 0.4) is 0 Å². The van der Waals surface area contributed by atoms with Gasteiger partial charge in [-0.15, -0.1) is 0 Å². The normalized spacial score (nSPS) is 22.4. The molecular weight excluding hydrogens is 356 g/mol. The number of nitrogens with zero attached hydrogens (tertiary/aromatic N) is 1. The van der Waals surface area contributed by atoms with Gasteiger partial charge < -0.3 is 19.7 Å². The first-order valence-electron chi connectivity index (χ1n) is 10.6. The minimum absolute atomic E-state index is 0.0282. The van der Waals surface area contributed by atoms with Gasteiger partial charge in [-0.05, 0) is 43.9 Å². The molecule has 0 bridgehead atoms. The van der Waals surface area contributed by atoms with Gasteiger partial charge in [-0.25, -0.2) is 0 Å². The predicted molar refractivity (Wildman–Crippen MR) is 106 cm³/mol. The summed E-state index contributed by atoms with van der Waals surface area (Å²) in [6.07, 6.45) is 7.11. The van der Waals surface area contributed by atoms with Crippen LogP contribution in [0.25, 0.3) is 0 Å². The number of piperidine rings is 1. The van der Waals surface area contributed by atoms with Crippen molar-refractivity contribution in [3.63, 3.8) is 0 Å². The molecule has 0 atom stereocenters. The smallest absolute Gasteiger partial charge is 0.253 e. The monoisotopic (exact) mass is 386 g/mol. The van der Waals surface area contributed by atoms with Crippen molar-refractivity contribution in [2.75, 3.05) is 31.6 Å². The van der Waals surface area contributed by atoms with E-state index >= 15 is 0 Å². The van der Waals surface area contributed by atoms with Crippen LogP contribution in [0.5, 0.6) is 0 Å². The van der Waals surface area contributed by atoms with Crippen molar-refractivity contribution in [1.82, 2.24) is 4.90 Å². The average Bonchev–Trinajstić information content (AvgIpc) is 3.29. The van der Waals surface area contributed by atoms with Crippen molar-refractivity contribution in [2.45, 2.75) is 51.2 Å². The second-order valence-electron chi connectivity index (χ2n) is 8.14. The van der Waals surface area contributed by atoms with E-state index in [0.717, 1.165) is 38.5 Å². The van der Waals surface area contributed by atoms with Crippen LogP contribution in [0, 0.1) is 11.8 Å². The Labute approximate surface area is 166 Å². The number of nitrogens with one attached hydrogen (secondary N) is 1. The lowest BCUT2D eigenvalue weighted by molar-refractivity contribution is -0.120. The number of anilines is 1. The Bertz CT molecular complexity index is 688. The highest BCUT2D eigenvalue weighted by molar-refractivity contribution is 5.97. The molecule has 3 fully saturated rings. The van der Waals surface area contributed by atoms with Gasteiger partial charge in [0.25, 0.3) is 5.91 Å². The first-order chi connectivity index (χ1) is 13.7. The van der Waals surface area contributed by atoms with Crippen LogP contribution in [-0.4, -0.2) is 49.3 Å². The number of rotatable bonds is 4. The molecule has 0 aromatic heterocycles. The minimum Gasteiger partial charge on any atom is -0.350 e. The van der Waals surface area contributed by atoms with E-state index in [-0.39, 0.29) is 24.0 Å². The maximum atomic E-state index is 12.9. The first kappa shape index (κ1) is 19.4. The SMILES string of the molecule is O=C(Nc1cccc(C(=O)N2CCC(C3OCCO3)CC2)c1)C1CCCCC1. The largest absolute Gasteiger partial charge is 0.350 e. The summed E-state index contributed by atoms with van der Waals surface area (Å²) < 4.78 is 11.2. The summed E-state index contributed by atoms with van der Waals surface area (Å²) in [5, 5.41) is 3.01. The molecule has 152 valence electrons. The molecule has 1 N–H and O–H groups in total. The van der Waals surface area contributed by atoms with Gasteiger partial charge >= 0.3 is 0 Å². The van der Waals surface area contributed by atoms with Crippen LogP contribution in [0.2, 0.25) is 0 Å². The number of hydrogen-bond acceptors (Lipinski definition) is 4. The first-order valence-corrected chi connectivity index (χ1v) is 10.6. The Balaban J connectivity index is 1.33. The van der Waals surface area contributed by atoms with E-state index in [0.29, 0.717) is 43.5 Å². The summed E-state index contributed by atoms with van der Waals surface area (Å²) in [6, 6.07) is 7.33. The molecule has 2 heterocycles. The predicted octanol–water partition coefficient (Wildman–Crippen LogP) is 3.43. The molecule has 2 aliphatic heterocycles. The number of carbonyl (C=O) groups excluding carboxylic acids is 2. The number of amides is 2. The lowest BCUT2D eigenvalue weighted by atomic mass is 9.88. The topological polar surface area (TPSA) is 67.9 Å². The fourth-order valence-electron chi connectivity index (χ4n) is 4.55. The summed E-state index contributed by atoms with van der Waals surface area (Å²) in [5.74, 6) is 0.585. The lowest BCUT2D eigenvalue weighted by Crippen LogP contribution is -2.41. The summed E-state index contributed by atoms with van der Waals surface area (Å²) in [6.45, 7) is 2.77. The van der Waals surface area contributed by atoms with Gasteiger partial charge in [-0.2, -0.15) is 0 Å². The van der Waals surface area contributed by atoms with Crippen molar-refractivity contribution < 1.29 is 19.1 Å². The van der Waals surface area contributed by atoms with Crippen molar-refractivity contribution in [1.29, 1.82) is 0 Å². The Kier molecular flexibility index (Phi) is 6.27.